The fourth-order valence-corrected chi connectivity index (χ4v) is 3.02. The highest BCUT2D eigenvalue weighted by Gasteiger charge is 2.24. The van der Waals surface area contributed by atoms with Gasteiger partial charge in [0.15, 0.2) is 0 Å². The van der Waals surface area contributed by atoms with E-state index >= 15 is 0 Å². The third-order valence-corrected chi connectivity index (χ3v) is 4.33. The van der Waals surface area contributed by atoms with Crippen LogP contribution in [-0.2, 0) is 6.54 Å². The number of hydrogen-bond acceptors (Lipinski definition) is 2. The average Bonchev–Trinajstić information content (AvgIpc) is 2.72. The molecule has 1 fully saturated rings. The molecule has 1 atom stereocenters. The lowest BCUT2D eigenvalue weighted by Gasteiger charge is -2.24. The smallest absolute Gasteiger partial charge is 0.0410 e. The summed E-state index contributed by atoms with van der Waals surface area (Å²) in [4.78, 5) is 2.53. The summed E-state index contributed by atoms with van der Waals surface area (Å²) in [7, 11) is 2.02. The number of likely N-dealkylation sites (N-methyl/N-ethyl adjacent to an activating group) is 1. The summed E-state index contributed by atoms with van der Waals surface area (Å²) in [5, 5.41) is 4.08. The predicted octanol–water partition coefficient (Wildman–Crippen LogP) is 3.29. The Morgan fingerprint density at radius 3 is 3.12 bits per heavy atom. The van der Waals surface area contributed by atoms with Crippen molar-refractivity contribution in [2.75, 3.05) is 20.1 Å². The predicted molar refractivity (Wildman–Crippen MR) is 76.5 cm³/mol. The van der Waals surface area contributed by atoms with Gasteiger partial charge in [0, 0.05) is 28.6 Å². The molecule has 1 saturated heterocycles. The van der Waals surface area contributed by atoms with Crippen molar-refractivity contribution in [3.63, 3.8) is 0 Å². The second kappa shape index (κ2) is 6.19. The number of nitrogens with one attached hydrogen (secondary N) is 1. The van der Waals surface area contributed by atoms with E-state index in [1.54, 1.807) is 0 Å². The lowest BCUT2D eigenvalue weighted by atomic mass is 10.2. The number of rotatable bonds is 4. The molecule has 2 rings (SSSR count). The summed E-state index contributed by atoms with van der Waals surface area (Å²) in [5.74, 6) is 0. The molecular formula is C13H18BrClN2. The lowest BCUT2D eigenvalue weighted by Crippen LogP contribution is -2.36. The first kappa shape index (κ1) is 13.3. The van der Waals surface area contributed by atoms with Gasteiger partial charge in [-0.1, -0.05) is 27.5 Å². The molecule has 1 aliphatic heterocycles. The topological polar surface area (TPSA) is 15.3 Å². The maximum Gasteiger partial charge on any atom is 0.0410 e. The zero-order valence-corrected chi connectivity index (χ0v) is 12.4. The molecular weight excluding hydrogens is 300 g/mol. The van der Waals surface area contributed by atoms with Gasteiger partial charge in [0.1, 0.15) is 0 Å². The van der Waals surface area contributed by atoms with E-state index in [9.17, 15) is 0 Å². The molecule has 0 saturated carbocycles. The van der Waals surface area contributed by atoms with Crippen molar-refractivity contribution in [2.45, 2.75) is 25.4 Å². The fraction of sp³-hybridized carbons (Fsp3) is 0.538. The highest BCUT2D eigenvalue weighted by molar-refractivity contribution is 9.10. The van der Waals surface area contributed by atoms with Gasteiger partial charge in [-0.05, 0) is 50.2 Å². The van der Waals surface area contributed by atoms with Gasteiger partial charge in [0.25, 0.3) is 0 Å². The molecule has 17 heavy (non-hydrogen) atoms. The van der Waals surface area contributed by atoms with Crippen LogP contribution >= 0.6 is 27.5 Å². The van der Waals surface area contributed by atoms with Gasteiger partial charge >= 0.3 is 0 Å². The normalized spacial score (nSPS) is 21.0. The standard InChI is InChI=1S/C13H18BrClN2/c1-16-8-12-3-2-6-17(12)9-10-7-11(15)4-5-13(10)14/h4-5,7,12,16H,2-3,6,8-9H2,1H3. The molecule has 1 heterocycles. The van der Waals surface area contributed by atoms with Gasteiger partial charge in [0.05, 0.1) is 0 Å². The molecule has 0 aromatic heterocycles. The zero-order chi connectivity index (χ0) is 12.3. The van der Waals surface area contributed by atoms with E-state index in [-0.39, 0.29) is 0 Å². The molecule has 0 bridgehead atoms. The average molecular weight is 318 g/mol. The summed E-state index contributed by atoms with van der Waals surface area (Å²) in [6.07, 6.45) is 2.59. The summed E-state index contributed by atoms with van der Waals surface area (Å²) >= 11 is 9.64. The van der Waals surface area contributed by atoms with Crippen LogP contribution in [0.5, 0.6) is 0 Å². The van der Waals surface area contributed by atoms with Crippen molar-refractivity contribution >= 4 is 27.5 Å². The molecule has 0 aliphatic carbocycles. The van der Waals surface area contributed by atoms with Crippen LogP contribution in [0.25, 0.3) is 0 Å². The van der Waals surface area contributed by atoms with Crippen LogP contribution in [0, 0.1) is 0 Å². The Morgan fingerprint density at radius 1 is 1.53 bits per heavy atom. The van der Waals surface area contributed by atoms with Crippen LogP contribution in [0.1, 0.15) is 18.4 Å². The van der Waals surface area contributed by atoms with Gasteiger partial charge in [0.2, 0.25) is 0 Å². The van der Waals surface area contributed by atoms with Crippen LogP contribution in [0.4, 0.5) is 0 Å². The Balaban J connectivity index is 2.06. The SMILES string of the molecule is CNCC1CCCN1Cc1cc(Cl)ccc1Br. The van der Waals surface area contributed by atoms with Crippen molar-refractivity contribution in [3.05, 3.63) is 33.3 Å². The largest absolute Gasteiger partial charge is 0.318 e. The molecule has 0 radical (unpaired) electrons. The van der Waals surface area contributed by atoms with Crippen molar-refractivity contribution in [1.29, 1.82) is 0 Å². The molecule has 0 amide bonds. The lowest BCUT2D eigenvalue weighted by molar-refractivity contribution is 0.242. The van der Waals surface area contributed by atoms with Gasteiger partial charge < -0.3 is 5.32 Å². The first-order chi connectivity index (χ1) is 8.20. The van der Waals surface area contributed by atoms with E-state index in [0.29, 0.717) is 6.04 Å². The Bertz CT molecular complexity index is 384. The number of halogens is 2. The quantitative estimate of drug-likeness (QED) is 0.917. The summed E-state index contributed by atoms with van der Waals surface area (Å²) in [5.41, 5.74) is 1.28. The molecule has 1 aromatic carbocycles. The molecule has 94 valence electrons. The van der Waals surface area contributed by atoms with E-state index in [2.05, 4.69) is 32.2 Å². The summed E-state index contributed by atoms with van der Waals surface area (Å²) < 4.78 is 1.15. The first-order valence-electron chi connectivity index (χ1n) is 6.03. The zero-order valence-electron chi connectivity index (χ0n) is 10.0. The van der Waals surface area contributed by atoms with Crippen molar-refractivity contribution in [1.82, 2.24) is 10.2 Å². The van der Waals surface area contributed by atoms with Crippen molar-refractivity contribution in [2.24, 2.45) is 0 Å². The molecule has 1 aliphatic rings. The van der Waals surface area contributed by atoms with E-state index in [1.807, 2.05) is 19.2 Å². The Kier molecular flexibility index (Phi) is 4.86. The third kappa shape index (κ3) is 3.44. The number of benzene rings is 1. The van der Waals surface area contributed by atoms with Crippen molar-refractivity contribution < 1.29 is 0 Å². The van der Waals surface area contributed by atoms with Gasteiger partial charge in [-0.25, -0.2) is 0 Å². The molecule has 1 aromatic rings. The molecule has 1 N–H and O–H groups in total. The van der Waals surface area contributed by atoms with Crippen molar-refractivity contribution in [3.8, 4) is 0 Å². The Labute approximate surface area is 116 Å². The van der Waals surface area contributed by atoms with Gasteiger partial charge in [-0.15, -0.1) is 0 Å². The van der Waals surface area contributed by atoms with Gasteiger partial charge in [-0.3, -0.25) is 4.90 Å². The summed E-state index contributed by atoms with van der Waals surface area (Å²) in [6.45, 7) is 3.23. The molecule has 4 heteroatoms. The first-order valence-corrected chi connectivity index (χ1v) is 7.20. The van der Waals surface area contributed by atoms with Crippen LogP contribution in [0.15, 0.2) is 22.7 Å². The fourth-order valence-electron chi connectivity index (χ4n) is 2.45. The monoisotopic (exact) mass is 316 g/mol. The van der Waals surface area contributed by atoms with E-state index in [4.69, 9.17) is 11.6 Å². The van der Waals surface area contributed by atoms with E-state index in [1.165, 1.54) is 24.9 Å². The third-order valence-electron chi connectivity index (χ3n) is 3.32. The van der Waals surface area contributed by atoms with Crippen LogP contribution in [-0.4, -0.2) is 31.1 Å². The highest BCUT2D eigenvalue weighted by Crippen LogP contribution is 2.26. The Hall–Kier alpha value is -0.0900. The second-order valence-electron chi connectivity index (χ2n) is 4.56. The molecule has 2 nitrogen and oxygen atoms in total. The Morgan fingerprint density at radius 2 is 2.35 bits per heavy atom. The maximum atomic E-state index is 6.05. The molecule has 1 unspecified atom stereocenters. The molecule has 0 spiro atoms. The minimum Gasteiger partial charge on any atom is -0.318 e. The highest BCUT2D eigenvalue weighted by atomic mass is 79.9. The minimum absolute atomic E-state index is 0.658. The second-order valence-corrected chi connectivity index (χ2v) is 5.85. The number of nitrogens with zero attached hydrogens (tertiary/aromatic N) is 1. The number of hydrogen-bond donors (Lipinski definition) is 1. The summed E-state index contributed by atoms with van der Waals surface area (Å²) in [6, 6.07) is 6.66. The van der Waals surface area contributed by atoms with Crippen LogP contribution < -0.4 is 5.32 Å². The number of likely N-dealkylation sites (tertiary alicyclic amines) is 1. The van der Waals surface area contributed by atoms with Crippen LogP contribution in [0.3, 0.4) is 0 Å². The maximum absolute atomic E-state index is 6.05. The van der Waals surface area contributed by atoms with E-state index < -0.39 is 0 Å². The van der Waals surface area contributed by atoms with E-state index in [0.717, 1.165) is 22.6 Å². The van der Waals surface area contributed by atoms with Gasteiger partial charge in [-0.2, -0.15) is 0 Å². The van der Waals surface area contributed by atoms with Crippen LogP contribution in [0.2, 0.25) is 5.02 Å². The minimum atomic E-state index is 0.658.